The van der Waals surface area contributed by atoms with Crippen LogP contribution in [0.1, 0.15) is 19.4 Å². The molecule has 1 heterocycles. The van der Waals surface area contributed by atoms with Gasteiger partial charge in [-0.15, -0.1) is 0 Å². The minimum atomic E-state index is -0.773. The van der Waals surface area contributed by atoms with Crippen LogP contribution in [0, 0.1) is 6.92 Å². The summed E-state index contributed by atoms with van der Waals surface area (Å²) in [5, 5.41) is 12.6. The average molecular weight is 211 g/mol. The number of aliphatic hydroxyl groups is 1. The van der Waals surface area contributed by atoms with E-state index in [1.54, 1.807) is 21.0 Å². The van der Waals surface area contributed by atoms with Crippen LogP contribution in [0.15, 0.2) is 6.33 Å². The maximum absolute atomic E-state index is 9.56. The van der Waals surface area contributed by atoms with Gasteiger partial charge in [-0.05, 0) is 20.8 Å². The van der Waals surface area contributed by atoms with Crippen LogP contribution < -0.4 is 10.1 Å². The van der Waals surface area contributed by atoms with Crippen molar-refractivity contribution in [3.8, 4) is 5.88 Å². The van der Waals surface area contributed by atoms with E-state index in [-0.39, 0.29) is 0 Å². The van der Waals surface area contributed by atoms with Crippen molar-refractivity contribution < 1.29 is 9.84 Å². The summed E-state index contributed by atoms with van der Waals surface area (Å²) < 4.78 is 5.06. The summed E-state index contributed by atoms with van der Waals surface area (Å²) in [6, 6.07) is 0. The van der Waals surface area contributed by atoms with Crippen molar-refractivity contribution in [1.82, 2.24) is 9.97 Å². The molecule has 0 saturated heterocycles. The van der Waals surface area contributed by atoms with Gasteiger partial charge in [0.2, 0.25) is 5.88 Å². The number of methoxy groups -OCH3 is 1. The molecule has 1 aromatic heterocycles. The zero-order valence-electron chi connectivity index (χ0n) is 9.53. The number of ether oxygens (including phenoxy) is 1. The molecule has 0 saturated carbocycles. The van der Waals surface area contributed by atoms with Gasteiger partial charge in [0.1, 0.15) is 12.1 Å². The number of hydrogen-bond donors (Lipinski definition) is 2. The lowest BCUT2D eigenvalue weighted by Gasteiger charge is -2.19. The lowest BCUT2D eigenvalue weighted by Crippen LogP contribution is -2.29. The maximum Gasteiger partial charge on any atom is 0.221 e. The highest BCUT2D eigenvalue weighted by Gasteiger charge is 2.14. The molecule has 0 aliphatic carbocycles. The quantitative estimate of drug-likeness (QED) is 0.777. The van der Waals surface area contributed by atoms with E-state index in [1.165, 1.54) is 6.33 Å². The van der Waals surface area contributed by atoms with Crippen molar-refractivity contribution in [1.29, 1.82) is 0 Å². The topological polar surface area (TPSA) is 67.3 Å². The number of anilines is 1. The molecule has 0 radical (unpaired) electrons. The summed E-state index contributed by atoms with van der Waals surface area (Å²) in [4.78, 5) is 8.04. The van der Waals surface area contributed by atoms with Gasteiger partial charge in [-0.1, -0.05) is 0 Å². The molecule has 15 heavy (non-hydrogen) atoms. The van der Waals surface area contributed by atoms with Crippen LogP contribution >= 0.6 is 0 Å². The summed E-state index contributed by atoms with van der Waals surface area (Å²) in [7, 11) is 1.56. The summed E-state index contributed by atoms with van der Waals surface area (Å²) in [5.41, 5.74) is 0.0641. The zero-order valence-corrected chi connectivity index (χ0v) is 9.53. The maximum atomic E-state index is 9.56. The Kier molecular flexibility index (Phi) is 3.47. The lowest BCUT2D eigenvalue weighted by molar-refractivity contribution is 0.0944. The van der Waals surface area contributed by atoms with Gasteiger partial charge in [0.15, 0.2) is 0 Å². The smallest absolute Gasteiger partial charge is 0.221 e. The van der Waals surface area contributed by atoms with E-state index in [9.17, 15) is 5.11 Å². The Balaban J connectivity index is 2.78. The number of nitrogens with zero attached hydrogens (tertiary/aromatic N) is 2. The Morgan fingerprint density at radius 2 is 2.13 bits per heavy atom. The normalized spacial score (nSPS) is 11.3. The van der Waals surface area contributed by atoms with Crippen LogP contribution in [0.25, 0.3) is 0 Å². The second-order valence-electron chi connectivity index (χ2n) is 4.02. The van der Waals surface area contributed by atoms with E-state index >= 15 is 0 Å². The van der Waals surface area contributed by atoms with E-state index in [0.717, 1.165) is 5.56 Å². The summed E-state index contributed by atoms with van der Waals surface area (Å²) in [6.45, 7) is 5.75. The molecule has 2 N–H and O–H groups in total. The van der Waals surface area contributed by atoms with Gasteiger partial charge in [-0.3, -0.25) is 0 Å². The highest BCUT2D eigenvalue weighted by molar-refractivity contribution is 5.47. The highest BCUT2D eigenvalue weighted by atomic mass is 16.5. The van der Waals surface area contributed by atoms with Crippen molar-refractivity contribution in [3.63, 3.8) is 0 Å². The molecule has 5 nitrogen and oxygen atoms in total. The van der Waals surface area contributed by atoms with E-state index in [4.69, 9.17) is 4.74 Å². The molecule has 0 aliphatic rings. The van der Waals surface area contributed by atoms with Gasteiger partial charge >= 0.3 is 0 Å². The summed E-state index contributed by atoms with van der Waals surface area (Å²) >= 11 is 0. The molecule has 1 rings (SSSR count). The highest BCUT2D eigenvalue weighted by Crippen LogP contribution is 2.20. The van der Waals surface area contributed by atoms with Crippen LogP contribution in [-0.4, -0.2) is 34.3 Å². The van der Waals surface area contributed by atoms with Gasteiger partial charge in [-0.2, -0.15) is 0 Å². The molecular weight excluding hydrogens is 194 g/mol. The number of hydrogen-bond acceptors (Lipinski definition) is 5. The van der Waals surface area contributed by atoms with E-state index < -0.39 is 5.60 Å². The molecule has 0 unspecified atom stereocenters. The first-order chi connectivity index (χ1) is 6.94. The second-order valence-corrected chi connectivity index (χ2v) is 4.02. The molecule has 0 bridgehead atoms. The first-order valence-electron chi connectivity index (χ1n) is 4.76. The van der Waals surface area contributed by atoms with Gasteiger partial charge in [0.05, 0.1) is 18.3 Å². The Hall–Kier alpha value is -1.36. The van der Waals surface area contributed by atoms with Crippen molar-refractivity contribution in [2.75, 3.05) is 19.0 Å². The summed E-state index contributed by atoms with van der Waals surface area (Å²) in [5.74, 6) is 1.23. The molecule has 0 amide bonds. The third-order valence-electron chi connectivity index (χ3n) is 1.92. The Bertz CT molecular complexity index is 334. The molecule has 1 aromatic rings. The first kappa shape index (κ1) is 11.7. The molecule has 0 spiro atoms. The van der Waals surface area contributed by atoms with Crippen LogP contribution in [0.2, 0.25) is 0 Å². The van der Waals surface area contributed by atoms with Gasteiger partial charge < -0.3 is 15.2 Å². The number of nitrogens with one attached hydrogen (secondary N) is 1. The monoisotopic (exact) mass is 211 g/mol. The van der Waals surface area contributed by atoms with Gasteiger partial charge in [-0.25, -0.2) is 9.97 Å². The number of aromatic nitrogens is 2. The summed E-state index contributed by atoms with van der Waals surface area (Å²) in [6.07, 6.45) is 1.43. The number of rotatable bonds is 4. The van der Waals surface area contributed by atoms with Crippen LogP contribution in [0.4, 0.5) is 5.82 Å². The van der Waals surface area contributed by atoms with E-state index in [2.05, 4.69) is 15.3 Å². The molecular formula is C10H17N3O2. The largest absolute Gasteiger partial charge is 0.481 e. The van der Waals surface area contributed by atoms with Gasteiger partial charge in [0, 0.05) is 6.54 Å². The van der Waals surface area contributed by atoms with Crippen LogP contribution in [0.3, 0.4) is 0 Å². The Labute approximate surface area is 89.5 Å². The van der Waals surface area contributed by atoms with Gasteiger partial charge in [0.25, 0.3) is 0 Å². The third-order valence-corrected chi connectivity index (χ3v) is 1.92. The Morgan fingerprint density at radius 3 is 2.67 bits per heavy atom. The average Bonchev–Trinajstić information content (AvgIpc) is 2.15. The fraction of sp³-hybridized carbons (Fsp3) is 0.600. The van der Waals surface area contributed by atoms with E-state index in [1.807, 2.05) is 6.92 Å². The van der Waals surface area contributed by atoms with Crippen molar-refractivity contribution >= 4 is 5.82 Å². The zero-order chi connectivity index (χ0) is 11.5. The molecule has 84 valence electrons. The van der Waals surface area contributed by atoms with Crippen molar-refractivity contribution in [2.45, 2.75) is 26.4 Å². The third kappa shape index (κ3) is 3.36. The molecule has 0 fully saturated rings. The predicted molar refractivity (Wildman–Crippen MR) is 58.1 cm³/mol. The SMILES string of the molecule is COc1ncnc(NCC(C)(C)O)c1C. The molecule has 0 aliphatic heterocycles. The van der Waals surface area contributed by atoms with Crippen molar-refractivity contribution in [3.05, 3.63) is 11.9 Å². The van der Waals surface area contributed by atoms with Crippen LogP contribution in [-0.2, 0) is 0 Å². The Morgan fingerprint density at radius 1 is 1.47 bits per heavy atom. The van der Waals surface area contributed by atoms with E-state index in [0.29, 0.717) is 18.2 Å². The first-order valence-corrected chi connectivity index (χ1v) is 4.76. The minimum absolute atomic E-state index is 0.425. The minimum Gasteiger partial charge on any atom is -0.481 e. The molecule has 0 atom stereocenters. The predicted octanol–water partition coefficient (Wildman–Crippen LogP) is 0.976. The standard InChI is InChI=1S/C10H17N3O2/c1-7-8(11-5-10(2,3)14)12-6-13-9(7)15-4/h6,14H,5H2,1-4H3,(H,11,12,13). The van der Waals surface area contributed by atoms with Crippen molar-refractivity contribution in [2.24, 2.45) is 0 Å². The molecule has 5 heteroatoms. The second kappa shape index (κ2) is 4.44. The lowest BCUT2D eigenvalue weighted by atomic mass is 10.1. The fourth-order valence-corrected chi connectivity index (χ4v) is 1.12. The van der Waals surface area contributed by atoms with Crippen LogP contribution in [0.5, 0.6) is 5.88 Å². The molecule has 0 aromatic carbocycles. The fourth-order valence-electron chi connectivity index (χ4n) is 1.12.